The van der Waals surface area contributed by atoms with Crippen LogP contribution in [-0.4, -0.2) is 18.5 Å². The minimum absolute atomic E-state index is 0.0963. The smallest absolute Gasteiger partial charge is 0.330 e. The Morgan fingerprint density at radius 2 is 1.29 bits per heavy atom. The van der Waals surface area contributed by atoms with Crippen molar-refractivity contribution in [1.29, 1.82) is 0 Å². The third-order valence-corrected chi connectivity index (χ3v) is 6.91. The molecule has 1 atom stereocenters. The molecule has 4 aromatic rings. The molecule has 4 heteroatoms. The number of esters is 1. The molecule has 0 fully saturated rings. The van der Waals surface area contributed by atoms with E-state index in [9.17, 15) is 4.79 Å². The average molecular weight is 500 g/mol. The molecule has 0 bridgehead atoms. The van der Waals surface area contributed by atoms with Gasteiger partial charge in [-0.3, -0.25) is 9.69 Å². The van der Waals surface area contributed by atoms with Crippen LogP contribution in [0, 0.1) is 0 Å². The lowest BCUT2D eigenvalue weighted by molar-refractivity contribution is -0.137. The lowest BCUT2D eigenvalue weighted by Gasteiger charge is -2.47. The fourth-order valence-electron chi connectivity index (χ4n) is 5.30. The van der Waals surface area contributed by atoms with Crippen LogP contribution in [0.15, 0.2) is 145 Å². The second-order valence-electron chi connectivity index (χ2n) is 9.08. The number of benzene rings is 4. The van der Waals surface area contributed by atoms with E-state index in [0.29, 0.717) is 5.70 Å². The van der Waals surface area contributed by atoms with Gasteiger partial charge >= 0.3 is 5.97 Å². The van der Waals surface area contributed by atoms with E-state index < -0.39 is 11.4 Å². The van der Waals surface area contributed by atoms with Crippen molar-refractivity contribution in [3.8, 4) is 0 Å². The van der Waals surface area contributed by atoms with E-state index in [1.54, 1.807) is 17.9 Å². The minimum Gasteiger partial charge on any atom is -0.463 e. The molecule has 0 saturated heterocycles. The molecule has 1 aliphatic heterocycles. The Morgan fingerprint density at radius 1 is 0.789 bits per heavy atom. The van der Waals surface area contributed by atoms with Crippen LogP contribution < -0.4 is 4.90 Å². The number of anilines is 1. The van der Waals surface area contributed by atoms with Crippen molar-refractivity contribution < 1.29 is 14.3 Å². The maximum absolute atomic E-state index is 15.1. The molecule has 0 spiro atoms. The standard InChI is InChI=1S/C34H29NO3/c1-2-38-32(36)24-23-30-25-31(26-15-7-3-8-16-26)34(27-17-9-4-10-18-27,28-19-11-5-12-20-28)33(37)35(30)29-21-13-6-14-22-29/h3-25,31H,2H2,1H3/b24-23-/t31-/m0/s1. The van der Waals surface area contributed by atoms with E-state index >= 15 is 4.79 Å². The van der Waals surface area contributed by atoms with Crippen LogP contribution in [0.1, 0.15) is 29.5 Å². The molecule has 0 saturated carbocycles. The molecule has 0 aromatic heterocycles. The predicted molar refractivity (Wildman–Crippen MR) is 151 cm³/mol. The molecule has 1 aliphatic rings. The fraction of sp³-hybridized carbons (Fsp3) is 0.118. The number of hydrogen-bond donors (Lipinski definition) is 0. The summed E-state index contributed by atoms with van der Waals surface area (Å²) in [4.78, 5) is 29.2. The lowest BCUT2D eigenvalue weighted by Crippen LogP contribution is -2.53. The van der Waals surface area contributed by atoms with Gasteiger partial charge in [-0.25, -0.2) is 4.79 Å². The first-order valence-corrected chi connectivity index (χ1v) is 12.8. The second kappa shape index (κ2) is 11.1. The molecule has 38 heavy (non-hydrogen) atoms. The molecule has 4 aromatic carbocycles. The number of hydrogen-bond acceptors (Lipinski definition) is 3. The average Bonchev–Trinajstić information content (AvgIpc) is 2.98. The van der Waals surface area contributed by atoms with Gasteiger partial charge in [0.2, 0.25) is 5.91 Å². The minimum atomic E-state index is -1.05. The molecule has 4 nitrogen and oxygen atoms in total. The van der Waals surface area contributed by atoms with E-state index in [1.165, 1.54) is 6.08 Å². The predicted octanol–water partition coefficient (Wildman–Crippen LogP) is 6.81. The summed E-state index contributed by atoms with van der Waals surface area (Å²) in [5, 5.41) is 0. The molecular formula is C34H29NO3. The van der Waals surface area contributed by atoms with Gasteiger partial charge in [0, 0.05) is 23.4 Å². The highest BCUT2D eigenvalue weighted by molar-refractivity contribution is 6.09. The second-order valence-corrected chi connectivity index (χ2v) is 9.08. The van der Waals surface area contributed by atoms with Crippen molar-refractivity contribution in [2.45, 2.75) is 18.3 Å². The van der Waals surface area contributed by atoms with Gasteiger partial charge in [-0.05, 0) is 41.8 Å². The van der Waals surface area contributed by atoms with Gasteiger partial charge in [-0.2, -0.15) is 0 Å². The van der Waals surface area contributed by atoms with Crippen molar-refractivity contribution >= 4 is 17.6 Å². The maximum atomic E-state index is 15.1. The van der Waals surface area contributed by atoms with Crippen LogP contribution in [0.4, 0.5) is 5.69 Å². The Hall–Kier alpha value is -4.70. The summed E-state index contributed by atoms with van der Waals surface area (Å²) >= 11 is 0. The third kappa shape index (κ3) is 4.57. The SMILES string of the molecule is CCOC(=O)/C=C\C1=C[C@@H](c2ccccc2)C(c2ccccc2)(c2ccccc2)C(=O)N1c1ccccc1. The number of carbonyl (C=O) groups is 2. The highest BCUT2D eigenvalue weighted by atomic mass is 16.5. The van der Waals surface area contributed by atoms with Gasteiger partial charge in [-0.15, -0.1) is 0 Å². The number of allylic oxidation sites excluding steroid dienone is 2. The van der Waals surface area contributed by atoms with E-state index in [-0.39, 0.29) is 18.4 Å². The lowest BCUT2D eigenvalue weighted by atomic mass is 9.61. The number of carbonyl (C=O) groups excluding carboxylic acids is 2. The first kappa shape index (κ1) is 25.0. The number of amides is 1. The molecule has 0 N–H and O–H groups in total. The highest BCUT2D eigenvalue weighted by Crippen LogP contribution is 2.51. The van der Waals surface area contributed by atoms with Crippen LogP contribution in [0.2, 0.25) is 0 Å². The van der Waals surface area contributed by atoms with Crippen LogP contribution in [0.5, 0.6) is 0 Å². The number of nitrogens with zero attached hydrogens (tertiary/aromatic N) is 1. The van der Waals surface area contributed by atoms with E-state index in [4.69, 9.17) is 4.74 Å². The normalized spacial score (nSPS) is 16.8. The van der Waals surface area contributed by atoms with Crippen molar-refractivity contribution in [3.63, 3.8) is 0 Å². The fourth-order valence-corrected chi connectivity index (χ4v) is 5.30. The van der Waals surface area contributed by atoms with Gasteiger partial charge in [-0.1, -0.05) is 115 Å². The van der Waals surface area contributed by atoms with Gasteiger partial charge in [0.05, 0.1) is 6.61 Å². The zero-order chi connectivity index (χ0) is 26.4. The first-order valence-electron chi connectivity index (χ1n) is 12.8. The van der Waals surface area contributed by atoms with Gasteiger partial charge in [0.25, 0.3) is 0 Å². The number of para-hydroxylation sites is 1. The van der Waals surface area contributed by atoms with Crippen molar-refractivity contribution in [1.82, 2.24) is 0 Å². The number of rotatable bonds is 7. The molecule has 188 valence electrons. The van der Waals surface area contributed by atoms with Gasteiger partial charge in [0.15, 0.2) is 0 Å². The van der Waals surface area contributed by atoms with Crippen LogP contribution >= 0.6 is 0 Å². The zero-order valence-corrected chi connectivity index (χ0v) is 21.2. The molecule has 0 unspecified atom stereocenters. The number of ether oxygens (including phenoxy) is 1. The van der Waals surface area contributed by atoms with Gasteiger partial charge in [0.1, 0.15) is 5.41 Å². The monoisotopic (exact) mass is 499 g/mol. The van der Waals surface area contributed by atoms with E-state index in [1.807, 2.05) is 109 Å². The van der Waals surface area contributed by atoms with Crippen LogP contribution in [0.3, 0.4) is 0 Å². The van der Waals surface area contributed by atoms with Gasteiger partial charge < -0.3 is 4.74 Å². The Labute approximate surface area is 223 Å². The molecule has 1 amide bonds. The zero-order valence-electron chi connectivity index (χ0n) is 21.2. The summed E-state index contributed by atoms with van der Waals surface area (Å²) in [7, 11) is 0. The summed E-state index contributed by atoms with van der Waals surface area (Å²) in [6, 6.07) is 39.6. The van der Waals surface area contributed by atoms with Crippen LogP contribution in [0.25, 0.3) is 0 Å². The van der Waals surface area contributed by atoms with Crippen molar-refractivity contribution in [3.05, 3.63) is 162 Å². The summed E-state index contributed by atoms with van der Waals surface area (Å²) in [5.41, 5.74) is 3.08. The maximum Gasteiger partial charge on any atom is 0.330 e. The Morgan fingerprint density at radius 3 is 1.82 bits per heavy atom. The molecule has 5 rings (SSSR count). The van der Waals surface area contributed by atoms with E-state index in [0.717, 1.165) is 22.4 Å². The van der Waals surface area contributed by atoms with Crippen molar-refractivity contribution in [2.75, 3.05) is 11.5 Å². The molecular weight excluding hydrogens is 470 g/mol. The Balaban J connectivity index is 1.84. The highest BCUT2D eigenvalue weighted by Gasteiger charge is 2.53. The van der Waals surface area contributed by atoms with Crippen molar-refractivity contribution in [2.24, 2.45) is 0 Å². The summed E-state index contributed by atoms with van der Waals surface area (Å²) < 4.78 is 5.14. The quantitative estimate of drug-likeness (QED) is 0.207. The Kier molecular flexibility index (Phi) is 7.32. The topological polar surface area (TPSA) is 46.6 Å². The largest absolute Gasteiger partial charge is 0.463 e. The summed E-state index contributed by atoms with van der Waals surface area (Å²) in [5.74, 6) is -0.892. The van der Waals surface area contributed by atoms with Crippen LogP contribution in [-0.2, 0) is 19.7 Å². The molecule has 0 radical (unpaired) electrons. The van der Waals surface area contributed by atoms with E-state index in [2.05, 4.69) is 18.2 Å². The molecule has 1 heterocycles. The molecule has 0 aliphatic carbocycles. The summed E-state index contributed by atoms with van der Waals surface area (Å²) in [6.45, 7) is 2.05. The third-order valence-electron chi connectivity index (χ3n) is 6.91. The Bertz CT molecular complexity index is 1410. The summed E-state index contributed by atoms with van der Waals surface area (Å²) in [6.07, 6.45) is 5.16. The first-order chi connectivity index (χ1) is 18.7.